The summed E-state index contributed by atoms with van der Waals surface area (Å²) in [5.74, 6) is 1.97. The summed E-state index contributed by atoms with van der Waals surface area (Å²) in [6, 6.07) is 3.71. The fourth-order valence-electron chi connectivity index (χ4n) is 2.27. The molecule has 2 aromatic heterocycles. The molecule has 0 radical (unpaired) electrons. The Morgan fingerprint density at radius 2 is 2.30 bits per heavy atom. The van der Waals surface area contributed by atoms with Crippen LogP contribution in [-0.4, -0.2) is 37.4 Å². The number of aromatic nitrogens is 4. The predicted molar refractivity (Wildman–Crippen MR) is 72.7 cm³/mol. The number of nitrogens with zero attached hydrogens (tertiary/aromatic N) is 4. The van der Waals surface area contributed by atoms with E-state index in [0.29, 0.717) is 24.8 Å². The zero-order valence-corrected chi connectivity index (χ0v) is 11.3. The minimum atomic E-state index is -0.779. The average Bonchev–Trinajstić information content (AvgIpc) is 3.00. The highest BCUT2D eigenvalue weighted by molar-refractivity contribution is 5.66. The molecule has 0 aromatic carbocycles. The summed E-state index contributed by atoms with van der Waals surface area (Å²) in [5.41, 5.74) is 0.746. The molecule has 1 fully saturated rings. The van der Waals surface area contributed by atoms with Crippen LogP contribution in [0.15, 0.2) is 12.1 Å². The first kappa shape index (κ1) is 12.8. The molecule has 0 bridgehead atoms. The molecule has 106 valence electrons. The maximum Gasteiger partial charge on any atom is 0.303 e. The number of anilines is 1. The van der Waals surface area contributed by atoms with E-state index in [1.807, 2.05) is 12.1 Å². The second kappa shape index (κ2) is 5.07. The largest absolute Gasteiger partial charge is 0.481 e. The summed E-state index contributed by atoms with van der Waals surface area (Å²) >= 11 is 0. The molecular formula is C13H17N5O2. The lowest BCUT2D eigenvalue weighted by molar-refractivity contribution is -0.137. The summed E-state index contributed by atoms with van der Waals surface area (Å²) in [6.07, 6.45) is 1.87. The van der Waals surface area contributed by atoms with Gasteiger partial charge in [0.25, 0.3) is 0 Å². The molecule has 0 aliphatic heterocycles. The number of hydrogen-bond acceptors (Lipinski definition) is 5. The first-order valence-electron chi connectivity index (χ1n) is 6.83. The predicted octanol–water partition coefficient (Wildman–Crippen LogP) is 1.52. The van der Waals surface area contributed by atoms with Crippen LogP contribution in [0.4, 0.5) is 5.82 Å². The van der Waals surface area contributed by atoms with Gasteiger partial charge in [-0.2, -0.15) is 4.52 Å². The highest BCUT2D eigenvalue weighted by Gasteiger charge is 2.38. The van der Waals surface area contributed by atoms with Gasteiger partial charge in [0.05, 0.1) is 0 Å². The second-order valence-electron chi connectivity index (χ2n) is 5.29. The molecule has 2 aromatic rings. The van der Waals surface area contributed by atoms with E-state index in [4.69, 9.17) is 5.11 Å². The number of nitrogens with one attached hydrogen (secondary N) is 1. The van der Waals surface area contributed by atoms with Crippen molar-refractivity contribution in [3.8, 4) is 0 Å². The fourth-order valence-corrected chi connectivity index (χ4v) is 2.27. The Morgan fingerprint density at radius 3 is 3.00 bits per heavy atom. The molecule has 1 saturated carbocycles. The van der Waals surface area contributed by atoms with Gasteiger partial charge in [0, 0.05) is 18.9 Å². The van der Waals surface area contributed by atoms with E-state index in [1.54, 1.807) is 4.52 Å². The zero-order valence-electron chi connectivity index (χ0n) is 11.3. The van der Waals surface area contributed by atoms with Crippen molar-refractivity contribution in [2.45, 2.75) is 32.1 Å². The molecule has 7 nitrogen and oxygen atoms in total. The first-order chi connectivity index (χ1) is 9.65. The van der Waals surface area contributed by atoms with Crippen LogP contribution in [0.1, 0.15) is 37.9 Å². The maximum atomic E-state index is 10.4. The van der Waals surface area contributed by atoms with Crippen molar-refractivity contribution in [2.24, 2.45) is 5.92 Å². The van der Waals surface area contributed by atoms with Crippen LogP contribution in [0.25, 0.3) is 5.65 Å². The molecule has 2 heterocycles. The van der Waals surface area contributed by atoms with Gasteiger partial charge in [-0.25, -0.2) is 0 Å². The smallest absolute Gasteiger partial charge is 0.303 e. The van der Waals surface area contributed by atoms with Crippen molar-refractivity contribution in [3.05, 3.63) is 18.0 Å². The molecule has 1 aliphatic rings. The van der Waals surface area contributed by atoms with Crippen LogP contribution < -0.4 is 5.32 Å². The minimum Gasteiger partial charge on any atom is -0.481 e. The van der Waals surface area contributed by atoms with Gasteiger partial charge in [0.15, 0.2) is 11.5 Å². The molecule has 0 saturated heterocycles. The zero-order chi connectivity index (χ0) is 14.1. The monoisotopic (exact) mass is 275 g/mol. The molecule has 20 heavy (non-hydrogen) atoms. The van der Waals surface area contributed by atoms with Gasteiger partial charge in [-0.15, -0.1) is 15.3 Å². The van der Waals surface area contributed by atoms with Crippen LogP contribution in [-0.2, 0) is 4.79 Å². The Morgan fingerprint density at radius 1 is 1.50 bits per heavy atom. The summed E-state index contributed by atoms with van der Waals surface area (Å²) in [6.45, 7) is 2.78. The molecule has 1 aliphatic carbocycles. The second-order valence-corrected chi connectivity index (χ2v) is 5.29. The Labute approximate surface area is 116 Å². The van der Waals surface area contributed by atoms with Gasteiger partial charge >= 0.3 is 5.97 Å². The summed E-state index contributed by atoms with van der Waals surface area (Å²) in [4.78, 5) is 10.4. The van der Waals surface area contributed by atoms with E-state index in [2.05, 4.69) is 27.5 Å². The molecule has 7 heteroatoms. The number of fused-ring (bicyclic) bond motifs is 1. The number of carbonyl (C=O) groups is 1. The van der Waals surface area contributed by atoms with E-state index >= 15 is 0 Å². The lowest BCUT2D eigenvalue weighted by Crippen LogP contribution is -2.08. The van der Waals surface area contributed by atoms with E-state index in [1.165, 1.54) is 0 Å². The van der Waals surface area contributed by atoms with Crippen molar-refractivity contribution >= 4 is 17.4 Å². The normalized spacial score (nSPS) is 21.1. The average molecular weight is 275 g/mol. The lowest BCUT2D eigenvalue weighted by Gasteiger charge is -2.05. The molecule has 3 rings (SSSR count). The van der Waals surface area contributed by atoms with Gasteiger partial charge in [0.1, 0.15) is 5.82 Å². The molecular weight excluding hydrogens is 258 g/mol. The molecule has 2 atom stereocenters. The van der Waals surface area contributed by atoms with Gasteiger partial charge < -0.3 is 10.4 Å². The number of rotatable bonds is 6. The number of aliphatic carboxylic acids is 1. The van der Waals surface area contributed by atoms with Gasteiger partial charge in [-0.3, -0.25) is 4.79 Å². The van der Waals surface area contributed by atoms with E-state index in [9.17, 15) is 4.79 Å². The first-order valence-corrected chi connectivity index (χ1v) is 6.83. The Bertz CT molecular complexity index is 639. The number of carboxylic acids is 1. The van der Waals surface area contributed by atoms with Crippen LogP contribution in [0.3, 0.4) is 0 Å². The fraction of sp³-hybridized carbons (Fsp3) is 0.538. The van der Waals surface area contributed by atoms with Crippen molar-refractivity contribution in [1.82, 2.24) is 19.8 Å². The SMILES string of the molecule is CC1CC1c1nnc2ccc(NCCCC(=O)O)nn12. The minimum absolute atomic E-state index is 0.159. The van der Waals surface area contributed by atoms with Crippen LogP contribution in [0, 0.1) is 5.92 Å². The van der Waals surface area contributed by atoms with E-state index < -0.39 is 5.97 Å². The third-order valence-corrected chi connectivity index (χ3v) is 3.60. The molecule has 2 unspecified atom stereocenters. The van der Waals surface area contributed by atoms with Crippen LogP contribution >= 0.6 is 0 Å². The number of carboxylic acid groups (broad SMARTS) is 1. The van der Waals surface area contributed by atoms with Gasteiger partial charge in [-0.1, -0.05) is 6.92 Å². The number of hydrogen-bond donors (Lipinski definition) is 2. The summed E-state index contributed by atoms with van der Waals surface area (Å²) in [5, 5.41) is 24.5. The third kappa shape index (κ3) is 2.56. The topological polar surface area (TPSA) is 92.4 Å². The Kier molecular flexibility index (Phi) is 3.25. The third-order valence-electron chi connectivity index (χ3n) is 3.60. The van der Waals surface area contributed by atoms with Crippen LogP contribution in [0.2, 0.25) is 0 Å². The van der Waals surface area contributed by atoms with E-state index in [-0.39, 0.29) is 6.42 Å². The standard InChI is InChI=1S/C13H17N5O2/c1-8-7-9(8)13-16-15-11-5-4-10(17-18(11)13)14-6-2-3-12(19)20/h4-5,8-9H,2-3,6-7H2,1H3,(H,14,17)(H,19,20). The van der Waals surface area contributed by atoms with Crippen molar-refractivity contribution < 1.29 is 9.90 Å². The summed E-state index contributed by atoms with van der Waals surface area (Å²) < 4.78 is 1.79. The van der Waals surface area contributed by atoms with Gasteiger partial charge in [-0.05, 0) is 30.9 Å². The highest BCUT2D eigenvalue weighted by atomic mass is 16.4. The lowest BCUT2D eigenvalue weighted by atomic mass is 10.3. The van der Waals surface area contributed by atoms with E-state index in [0.717, 1.165) is 23.7 Å². The molecule has 0 amide bonds. The molecule has 2 N–H and O–H groups in total. The highest BCUT2D eigenvalue weighted by Crippen LogP contribution is 2.45. The van der Waals surface area contributed by atoms with Crippen molar-refractivity contribution in [2.75, 3.05) is 11.9 Å². The van der Waals surface area contributed by atoms with Crippen LogP contribution in [0.5, 0.6) is 0 Å². The van der Waals surface area contributed by atoms with Gasteiger partial charge in [0.2, 0.25) is 0 Å². The quantitative estimate of drug-likeness (QED) is 0.777. The Balaban J connectivity index is 1.71. The maximum absolute atomic E-state index is 10.4. The molecule has 0 spiro atoms. The van der Waals surface area contributed by atoms with Crippen molar-refractivity contribution in [3.63, 3.8) is 0 Å². The Hall–Kier alpha value is -2.18. The summed E-state index contributed by atoms with van der Waals surface area (Å²) in [7, 11) is 0. The van der Waals surface area contributed by atoms with Crippen molar-refractivity contribution in [1.29, 1.82) is 0 Å².